The number of carbonyl (C=O) groups excluding carboxylic acids is 1. The first-order valence-corrected chi connectivity index (χ1v) is 8.33. The number of fused-ring (bicyclic) bond motifs is 1. The molecule has 0 atom stereocenters. The van der Waals surface area contributed by atoms with Gasteiger partial charge in [-0.25, -0.2) is 9.78 Å². The molecule has 1 aromatic carbocycles. The minimum Gasteiger partial charge on any atom is -0.494 e. The number of thiazole rings is 1. The summed E-state index contributed by atoms with van der Waals surface area (Å²) in [4.78, 5) is 18.9. The fourth-order valence-corrected chi connectivity index (χ4v) is 4.04. The van der Waals surface area contributed by atoms with Gasteiger partial charge < -0.3 is 19.7 Å². The van der Waals surface area contributed by atoms with E-state index in [9.17, 15) is 4.79 Å². The maximum Gasteiger partial charge on any atom is 0.338 e. The smallest absolute Gasteiger partial charge is 0.338 e. The van der Waals surface area contributed by atoms with Crippen molar-refractivity contribution in [2.45, 2.75) is 19.4 Å². The largest absolute Gasteiger partial charge is 0.494 e. The van der Waals surface area contributed by atoms with Crippen LogP contribution in [0.2, 0.25) is 0 Å². The molecule has 1 N–H and O–H groups in total. The van der Waals surface area contributed by atoms with Crippen LogP contribution in [0.3, 0.4) is 0 Å². The van der Waals surface area contributed by atoms with Crippen LogP contribution < -0.4 is 15.0 Å². The molecule has 124 valence electrons. The highest BCUT2D eigenvalue weighted by atomic mass is 32.1. The summed E-state index contributed by atoms with van der Waals surface area (Å²) in [5.41, 5.74) is 1.26. The first kappa shape index (κ1) is 16.0. The standard InChI is InChI=1S/C16H21N3O3S/c1-16(2)9-17-5-6-19(16)15-18-13-11(21-3)7-10(14(20)22-4)8-12(13)23-15/h7-8,17H,5-6,9H2,1-4H3. The number of hydrogen-bond donors (Lipinski definition) is 1. The Hall–Kier alpha value is -1.86. The van der Waals surface area contributed by atoms with Gasteiger partial charge in [0.15, 0.2) is 5.13 Å². The number of esters is 1. The molecule has 7 heteroatoms. The van der Waals surface area contributed by atoms with Gasteiger partial charge in [0.05, 0.1) is 24.5 Å². The molecule has 6 nitrogen and oxygen atoms in total. The van der Waals surface area contributed by atoms with Crippen LogP contribution in [0, 0.1) is 0 Å². The van der Waals surface area contributed by atoms with Crippen molar-refractivity contribution in [3.63, 3.8) is 0 Å². The van der Waals surface area contributed by atoms with Gasteiger partial charge in [0.1, 0.15) is 11.3 Å². The van der Waals surface area contributed by atoms with E-state index in [1.54, 1.807) is 24.5 Å². The third-order valence-corrected chi connectivity index (χ3v) is 5.15. The highest BCUT2D eigenvalue weighted by Crippen LogP contribution is 2.38. The van der Waals surface area contributed by atoms with E-state index in [0.717, 1.165) is 35.0 Å². The Bertz CT molecular complexity index is 741. The number of aromatic nitrogens is 1. The molecule has 2 heterocycles. The van der Waals surface area contributed by atoms with Gasteiger partial charge in [0.2, 0.25) is 0 Å². The maximum absolute atomic E-state index is 11.8. The number of ether oxygens (including phenoxy) is 2. The van der Waals surface area contributed by atoms with E-state index in [-0.39, 0.29) is 11.5 Å². The Morgan fingerprint density at radius 3 is 2.83 bits per heavy atom. The van der Waals surface area contributed by atoms with Gasteiger partial charge in [-0.15, -0.1) is 0 Å². The summed E-state index contributed by atoms with van der Waals surface area (Å²) in [6.45, 7) is 7.14. The molecule has 0 saturated carbocycles. The second kappa shape index (κ2) is 5.98. The average Bonchev–Trinajstić information content (AvgIpc) is 2.96. The van der Waals surface area contributed by atoms with E-state index >= 15 is 0 Å². The van der Waals surface area contributed by atoms with Gasteiger partial charge in [-0.05, 0) is 26.0 Å². The van der Waals surface area contributed by atoms with E-state index in [4.69, 9.17) is 14.5 Å². The van der Waals surface area contributed by atoms with Crippen LogP contribution >= 0.6 is 11.3 Å². The lowest BCUT2D eigenvalue weighted by Crippen LogP contribution is -2.58. The predicted octanol–water partition coefficient (Wildman–Crippen LogP) is 2.28. The van der Waals surface area contributed by atoms with Crippen molar-refractivity contribution in [3.8, 4) is 5.75 Å². The summed E-state index contributed by atoms with van der Waals surface area (Å²) in [6, 6.07) is 3.50. The van der Waals surface area contributed by atoms with Gasteiger partial charge in [-0.1, -0.05) is 11.3 Å². The zero-order chi connectivity index (χ0) is 16.6. The molecule has 1 saturated heterocycles. The molecule has 0 bridgehead atoms. The molecule has 0 spiro atoms. The maximum atomic E-state index is 11.8. The fourth-order valence-electron chi connectivity index (χ4n) is 2.83. The molecular weight excluding hydrogens is 314 g/mol. The normalized spacial score (nSPS) is 17.3. The van der Waals surface area contributed by atoms with Crippen molar-refractivity contribution in [3.05, 3.63) is 17.7 Å². The topological polar surface area (TPSA) is 63.7 Å². The van der Waals surface area contributed by atoms with E-state index in [0.29, 0.717) is 11.3 Å². The van der Waals surface area contributed by atoms with Crippen molar-refractivity contribution < 1.29 is 14.3 Å². The molecule has 0 radical (unpaired) electrons. The average molecular weight is 335 g/mol. The number of anilines is 1. The van der Waals surface area contributed by atoms with E-state index in [1.165, 1.54) is 7.11 Å². The van der Waals surface area contributed by atoms with E-state index in [2.05, 4.69) is 24.1 Å². The molecular formula is C16H21N3O3S. The quantitative estimate of drug-likeness (QED) is 0.868. The second-order valence-electron chi connectivity index (χ2n) is 6.15. The number of carbonyl (C=O) groups is 1. The SMILES string of the molecule is COC(=O)c1cc(OC)c2nc(N3CCNCC3(C)C)sc2c1. The Balaban J connectivity index is 2.09. The van der Waals surface area contributed by atoms with Crippen LogP contribution in [0.5, 0.6) is 5.75 Å². The van der Waals surface area contributed by atoms with Crippen LogP contribution in [0.1, 0.15) is 24.2 Å². The molecule has 1 fully saturated rings. The summed E-state index contributed by atoms with van der Waals surface area (Å²) in [6.07, 6.45) is 0. The molecule has 23 heavy (non-hydrogen) atoms. The van der Waals surface area contributed by atoms with Gasteiger partial charge in [-0.2, -0.15) is 0 Å². The van der Waals surface area contributed by atoms with Gasteiger partial charge in [-0.3, -0.25) is 0 Å². The summed E-state index contributed by atoms with van der Waals surface area (Å²) >= 11 is 1.58. The molecule has 3 rings (SSSR count). The number of hydrogen-bond acceptors (Lipinski definition) is 7. The zero-order valence-electron chi connectivity index (χ0n) is 13.8. The van der Waals surface area contributed by atoms with Crippen molar-refractivity contribution >= 4 is 32.7 Å². The van der Waals surface area contributed by atoms with Crippen LogP contribution in [0.4, 0.5) is 5.13 Å². The number of methoxy groups -OCH3 is 2. The number of piperazine rings is 1. The minimum absolute atomic E-state index is 0.00938. The van der Waals surface area contributed by atoms with Crippen LogP contribution in [0.15, 0.2) is 12.1 Å². The monoisotopic (exact) mass is 335 g/mol. The summed E-state index contributed by atoms with van der Waals surface area (Å²) < 4.78 is 11.2. The molecule has 2 aromatic rings. The van der Waals surface area contributed by atoms with E-state index in [1.807, 2.05) is 6.07 Å². The highest BCUT2D eigenvalue weighted by Gasteiger charge is 2.32. The first-order valence-electron chi connectivity index (χ1n) is 7.51. The summed E-state index contributed by atoms with van der Waals surface area (Å²) in [5, 5.41) is 4.36. The Morgan fingerprint density at radius 2 is 2.17 bits per heavy atom. The third kappa shape index (κ3) is 2.86. The highest BCUT2D eigenvalue weighted by molar-refractivity contribution is 7.22. The summed E-state index contributed by atoms with van der Waals surface area (Å²) in [5.74, 6) is 0.223. The zero-order valence-corrected chi connectivity index (χ0v) is 14.6. The molecule has 1 aliphatic rings. The lowest BCUT2D eigenvalue weighted by atomic mass is 10.0. The Kier molecular flexibility index (Phi) is 4.16. The summed E-state index contributed by atoms with van der Waals surface area (Å²) in [7, 11) is 2.96. The first-order chi connectivity index (χ1) is 11.0. The van der Waals surface area contributed by atoms with E-state index < -0.39 is 0 Å². The molecule has 1 aliphatic heterocycles. The second-order valence-corrected chi connectivity index (χ2v) is 7.16. The lowest BCUT2D eigenvalue weighted by molar-refractivity contribution is 0.0600. The van der Waals surface area contributed by atoms with Crippen LogP contribution in [0.25, 0.3) is 10.2 Å². The fraction of sp³-hybridized carbons (Fsp3) is 0.500. The third-order valence-electron chi connectivity index (χ3n) is 4.12. The Morgan fingerprint density at radius 1 is 1.39 bits per heavy atom. The van der Waals surface area contributed by atoms with Crippen molar-refractivity contribution in [1.29, 1.82) is 0 Å². The van der Waals surface area contributed by atoms with Crippen molar-refractivity contribution in [2.24, 2.45) is 0 Å². The number of nitrogens with one attached hydrogen (secondary N) is 1. The number of nitrogens with zero attached hydrogens (tertiary/aromatic N) is 2. The van der Waals surface area contributed by atoms with Gasteiger partial charge >= 0.3 is 5.97 Å². The van der Waals surface area contributed by atoms with Gasteiger partial charge in [0, 0.05) is 25.2 Å². The number of rotatable bonds is 3. The number of benzene rings is 1. The van der Waals surface area contributed by atoms with Crippen molar-refractivity contribution in [2.75, 3.05) is 38.8 Å². The molecule has 1 aromatic heterocycles. The molecule has 0 amide bonds. The van der Waals surface area contributed by atoms with Crippen LogP contribution in [-0.4, -0.2) is 50.3 Å². The van der Waals surface area contributed by atoms with Crippen molar-refractivity contribution in [1.82, 2.24) is 10.3 Å². The molecule has 0 aliphatic carbocycles. The molecule has 0 unspecified atom stereocenters. The Labute approximate surface area is 139 Å². The predicted molar refractivity (Wildman–Crippen MR) is 91.8 cm³/mol. The van der Waals surface area contributed by atoms with Crippen LogP contribution in [-0.2, 0) is 4.74 Å². The van der Waals surface area contributed by atoms with Gasteiger partial charge in [0.25, 0.3) is 0 Å². The lowest BCUT2D eigenvalue weighted by Gasteiger charge is -2.42. The minimum atomic E-state index is -0.373.